The Hall–Kier alpha value is -1.67. The molecule has 6 nitrogen and oxygen atoms in total. The molecule has 1 aromatic heterocycles. The molecule has 0 spiro atoms. The van der Waals surface area contributed by atoms with E-state index in [0.29, 0.717) is 31.7 Å². The molecule has 20 heavy (non-hydrogen) atoms. The highest BCUT2D eigenvalue weighted by Crippen LogP contribution is 2.28. The van der Waals surface area contributed by atoms with Crippen LogP contribution in [0, 0.1) is 5.82 Å². The summed E-state index contributed by atoms with van der Waals surface area (Å²) in [6.07, 6.45) is 2.87. The third kappa shape index (κ3) is 2.36. The van der Waals surface area contributed by atoms with Crippen molar-refractivity contribution in [1.82, 2.24) is 14.5 Å². The number of nitrogens with zero attached hydrogens (tertiary/aromatic N) is 3. The van der Waals surface area contributed by atoms with Crippen LogP contribution in [0.1, 0.15) is 0 Å². The largest absolute Gasteiger partial charge is 0.368 e. The normalized spacial score (nSPS) is 17.8. The Bertz CT molecular complexity index is 735. The van der Waals surface area contributed by atoms with Gasteiger partial charge in [-0.25, -0.2) is 12.8 Å². The maximum atomic E-state index is 13.6. The number of hydrogen-bond donors (Lipinski definition) is 1. The van der Waals surface area contributed by atoms with Gasteiger partial charge < -0.3 is 4.90 Å². The average Bonchev–Trinajstić information content (AvgIpc) is 2.85. The van der Waals surface area contributed by atoms with Crippen molar-refractivity contribution in [3.63, 3.8) is 0 Å². The third-order valence-corrected chi connectivity index (χ3v) is 4.85. The zero-order valence-corrected chi connectivity index (χ0v) is 11.8. The number of sulfonamides is 1. The van der Waals surface area contributed by atoms with Crippen LogP contribution < -0.4 is 4.90 Å². The van der Waals surface area contributed by atoms with Gasteiger partial charge in [0.25, 0.3) is 0 Å². The van der Waals surface area contributed by atoms with Crippen LogP contribution in [0.15, 0.2) is 18.3 Å². The summed E-state index contributed by atoms with van der Waals surface area (Å²) >= 11 is 0. The van der Waals surface area contributed by atoms with E-state index >= 15 is 0 Å². The minimum absolute atomic E-state index is 0.331. The Morgan fingerprint density at radius 1 is 1.25 bits per heavy atom. The number of nitrogens with one attached hydrogen (secondary N) is 1. The van der Waals surface area contributed by atoms with Crippen molar-refractivity contribution in [2.24, 2.45) is 0 Å². The van der Waals surface area contributed by atoms with Crippen LogP contribution in [0.25, 0.3) is 10.9 Å². The second-order valence-electron chi connectivity index (χ2n) is 4.91. The zero-order chi connectivity index (χ0) is 14.3. The van der Waals surface area contributed by atoms with E-state index in [1.807, 2.05) is 4.90 Å². The molecule has 0 radical (unpaired) electrons. The molecule has 0 atom stereocenters. The van der Waals surface area contributed by atoms with Gasteiger partial charge in [-0.3, -0.25) is 5.10 Å². The van der Waals surface area contributed by atoms with Crippen LogP contribution >= 0.6 is 0 Å². The lowest BCUT2D eigenvalue weighted by molar-refractivity contribution is 0.388. The van der Waals surface area contributed by atoms with Crippen molar-refractivity contribution in [3.05, 3.63) is 24.1 Å². The standard InChI is InChI=1S/C12H15FN4O2S/c1-20(18,19)17-4-2-16(3-5-17)12-7-9(13)6-11-10(12)8-14-15-11/h6-8H,2-5H2,1H3,(H,14,15). The van der Waals surface area contributed by atoms with Crippen LogP contribution in [-0.4, -0.2) is 55.4 Å². The smallest absolute Gasteiger partial charge is 0.211 e. The Kier molecular flexibility index (Phi) is 3.14. The van der Waals surface area contributed by atoms with E-state index < -0.39 is 10.0 Å². The van der Waals surface area contributed by atoms with Crippen molar-refractivity contribution in [2.45, 2.75) is 0 Å². The number of benzene rings is 1. The summed E-state index contributed by atoms with van der Waals surface area (Å²) in [5.41, 5.74) is 1.40. The lowest BCUT2D eigenvalue weighted by Gasteiger charge is -2.35. The first kappa shape index (κ1) is 13.3. The molecule has 0 unspecified atom stereocenters. The lowest BCUT2D eigenvalue weighted by Crippen LogP contribution is -2.48. The van der Waals surface area contributed by atoms with Gasteiger partial charge in [0.05, 0.1) is 23.7 Å². The average molecular weight is 298 g/mol. The van der Waals surface area contributed by atoms with Crippen molar-refractivity contribution in [1.29, 1.82) is 0 Å². The van der Waals surface area contributed by atoms with Crippen LogP contribution in [0.2, 0.25) is 0 Å². The van der Waals surface area contributed by atoms with E-state index in [9.17, 15) is 12.8 Å². The monoisotopic (exact) mass is 298 g/mol. The third-order valence-electron chi connectivity index (χ3n) is 3.55. The molecule has 1 aliphatic heterocycles. The lowest BCUT2D eigenvalue weighted by atomic mass is 10.2. The Morgan fingerprint density at radius 3 is 2.60 bits per heavy atom. The molecule has 0 saturated carbocycles. The highest BCUT2D eigenvalue weighted by Gasteiger charge is 2.24. The Labute approximate surface area is 116 Å². The molecule has 1 aromatic carbocycles. The highest BCUT2D eigenvalue weighted by atomic mass is 32.2. The SMILES string of the molecule is CS(=O)(=O)N1CCN(c2cc(F)cc3[nH]ncc23)CC1. The van der Waals surface area contributed by atoms with Gasteiger partial charge in [0.1, 0.15) is 5.82 Å². The van der Waals surface area contributed by atoms with Gasteiger partial charge >= 0.3 is 0 Å². The summed E-state index contributed by atoms with van der Waals surface area (Å²) in [6.45, 7) is 1.90. The van der Waals surface area contributed by atoms with Gasteiger partial charge in [-0.15, -0.1) is 0 Å². The number of halogens is 1. The molecule has 0 amide bonds. The molecule has 1 fully saturated rings. The molecule has 108 valence electrons. The van der Waals surface area contributed by atoms with Gasteiger partial charge in [0.2, 0.25) is 10.0 Å². The molecule has 0 aliphatic carbocycles. The second-order valence-corrected chi connectivity index (χ2v) is 6.89. The molecule has 0 bridgehead atoms. The summed E-state index contributed by atoms with van der Waals surface area (Å²) in [5.74, 6) is -0.331. The number of anilines is 1. The van der Waals surface area contributed by atoms with Crippen molar-refractivity contribution in [2.75, 3.05) is 37.3 Å². The Balaban J connectivity index is 1.89. The molecule has 1 N–H and O–H groups in total. The number of aromatic amines is 1. The molecule has 8 heteroatoms. The van der Waals surface area contributed by atoms with E-state index in [2.05, 4.69) is 10.2 Å². The molecular formula is C12H15FN4O2S. The molecule has 1 aliphatic rings. The van der Waals surface area contributed by atoms with E-state index in [1.165, 1.54) is 22.7 Å². The van der Waals surface area contributed by atoms with Gasteiger partial charge in [-0.1, -0.05) is 0 Å². The fourth-order valence-corrected chi connectivity index (χ4v) is 3.35. The molecule has 2 aromatic rings. The number of aromatic nitrogens is 2. The zero-order valence-electron chi connectivity index (χ0n) is 11.0. The highest BCUT2D eigenvalue weighted by molar-refractivity contribution is 7.88. The number of piperazine rings is 1. The molecular weight excluding hydrogens is 283 g/mol. The molecule has 1 saturated heterocycles. The van der Waals surface area contributed by atoms with Crippen LogP contribution in [0.4, 0.5) is 10.1 Å². The maximum absolute atomic E-state index is 13.6. The van der Waals surface area contributed by atoms with E-state index in [4.69, 9.17) is 0 Å². The topological polar surface area (TPSA) is 69.3 Å². The summed E-state index contributed by atoms with van der Waals surface area (Å²) in [7, 11) is -3.16. The van der Waals surface area contributed by atoms with Crippen molar-refractivity contribution < 1.29 is 12.8 Å². The van der Waals surface area contributed by atoms with Crippen molar-refractivity contribution >= 4 is 26.6 Å². The molecule has 3 rings (SSSR count). The van der Waals surface area contributed by atoms with Crippen LogP contribution in [0.3, 0.4) is 0 Å². The van der Waals surface area contributed by atoms with E-state index in [-0.39, 0.29) is 5.82 Å². The number of rotatable bonds is 2. The first-order valence-corrected chi connectivity index (χ1v) is 8.13. The predicted molar refractivity (Wildman–Crippen MR) is 74.7 cm³/mol. The van der Waals surface area contributed by atoms with Crippen molar-refractivity contribution in [3.8, 4) is 0 Å². The van der Waals surface area contributed by atoms with Gasteiger partial charge in [-0.05, 0) is 12.1 Å². The maximum Gasteiger partial charge on any atom is 0.211 e. The Morgan fingerprint density at radius 2 is 1.95 bits per heavy atom. The minimum atomic E-state index is -3.16. The predicted octanol–water partition coefficient (Wildman–Crippen LogP) is 0.784. The number of H-pyrrole nitrogens is 1. The fraction of sp³-hybridized carbons (Fsp3) is 0.417. The number of fused-ring (bicyclic) bond motifs is 1. The first-order chi connectivity index (χ1) is 9.45. The quantitative estimate of drug-likeness (QED) is 0.890. The number of hydrogen-bond acceptors (Lipinski definition) is 4. The molecule has 2 heterocycles. The van der Waals surface area contributed by atoms with Gasteiger partial charge in [0.15, 0.2) is 0 Å². The first-order valence-electron chi connectivity index (χ1n) is 6.28. The van der Waals surface area contributed by atoms with E-state index in [1.54, 1.807) is 6.20 Å². The second kappa shape index (κ2) is 4.71. The summed E-state index contributed by atoms with van der Waals surface area (Å²) < 4.78 is 38.0. The fourth-order valence-electron chi connectivity index (χ4n) is 2.52. The van der Waals surface area contributed by atoms with Gasteiger partial charge in [0, 0.05) is 31.6 Å². The summed E-state index contributed by atoms with van der Waals surface area (Å²) in [5, 5.41) is 7.52. The van der Waals surface area contributed by atoms with Crippen LogP contribution in [-0.2, 0) is 10.0 Å². The summed E-state index contributed by atoms with van der Waals surface area (Å²) in [6, 6.07) is 2.87. The van der Waals surface area contributed by atoms with Crippen LogP contribution in [0.5, 0.6) is 0 Å². The van der Waals surface area contributed by atoms with E-state index in [0.717, 1.165) is 11.1 Å². The minimum Gasteiger partial charge on any atom is -0.368 e. The van der Waals surface area contributed by atoms with Gasteiger partial charge in [-0.2, -0.15) is 9.40 Å². The summed E-state index contributed by atoms with van der Waals surface area (Å²) in [4.78, 5) is 1.99.